The van der Waals surface area contributed by atoms with E-state index in [1.807, 2.05) is 48.5 Å². The Bertz CT molecular complexity index is 2080. The van der Waals surface area contributed by atoms with Crippen LogP contribution in [0.15, 0.2) is 140 Å². The summed E-state index contributed by atoms with van der Waals surface area (Å²) in [5.41, 5.74) is 7.68. The molecule has 0 saturated heterocycles. The molecule has 0 N–H and O–H groups in total. The van der Waals surface area contributed by atoms with Crippen molar-refractivity contribution in [2.45, 2.75) is 25.4 Å². The zero-order chi connectivity index (χ0) is 35.2. The number of esters is 1. The summed E-state index contributed by atoms with van der Waals surface area (Å²) >= 11 is 0. The van der Waals surface area contributed by atoms with Gasteiger partial charge in [-0.2, -0.15) is 0 Å². The molecule has 7 heteroatoms. The summed E-state index contributed by atoms with van der Waals surface area (Å²) in [5, 5.41) is 0. The van der Waals surface area contributed by atoms with E-state index in [1.165, 1.54) is 7.11 Å². The number of carbonyl (C=O) groups excluding carboxylic acids is 1. The minimum absolute atomic E-state index is 0.323. The molecule has 0 amide bonds. The molecule has 1 heterocycles. The van der Waals surface area contributed by atoms with E-state index in [2.05, 4.69) is 72.8 Å². The molecule has 0 bridgehead atoms. The Hall–Kier alpha value is -6.05. The zero-order valence-electron chi connectivity index (χ0n) is 28.8. The Morgan fingerprint density at radius 2 is 1.24 bits per heavy atom. The van der Waals surface area contributed by atoms with Gasteiger partial charge in [0, 0.05) is 5.56 Å². The summed E-state index contributed by atoms with van der Waals surface area (Å²) < 4.78 is 35.2. The summed E-state index contributed by atoms with van der Waals surface area (Å²) in [6.45, 7) is 1.11. The van der Waals surface area contributed by atoms with Crippen LogP contribution < -0.4 is 18.9 Å². The van der Waals surface area contributed by atoms with E-state index in [9.17, 15) is 4.79 Å². The van der Waals surface area contributed by atoms with Crippen molar-refractivity contribution in [3.8, 4) is 34.1 Å². The van der Waals surface area contributed by atoms with Gasteiger partial charge in [0.05, 0.1) is 33.5 Å². The largest absolute Gasteiger partial charge is 0.497 e. The van der Waals surface area contributed by atoms with Crippen molar-refractivity contribution >= 4 is 5.97 Å². The Labute approximate surface area is 297 Å². The number of rotatable bonds is 12. The van der Waals surface area contributed by atoms with E-state index < -0.39 is 11.6 Å². The summed E-state index contributed by atoms with van der Waals surface area (Å²) in [4.78, 5) is 11.9. The molecule has 0 unspecified atom stereocenters. The Morgan fingerprint density at radius 1 is 0.608 bits per heavy atom. The maximum absolute atomic E-state index is 11.9. The molecule has 1 aliphatic rings. The average molecular weight is 679 g/mol. The van der Waals surface area contributed by atoms with E-state index in [0.29, 0.717) is 31.1 Å². The summed E-state index contributed by atoms with van der Waals surface area (Å²) in [7, 11) is 4.70. The van der Waals surface area contributed by atoms with E-state index in [-0.39, 0.29) is 0 Å². The summed E-state index contributed by atoms with van der Waals surface area (Å²) in [6, 6.07) is 45.9. The van der Waals surface area contributed by atoms with Gasteiger partial charge >= 0.3 is 5.97 Å². The molecule has 0 spiro atoms. The van der Waals surface area contributed by atoms with Crippen molar-refractivity contribution in [1.82, 2.24) is 0 Å². The highest BCUT2D eigenvalue weighted by Crippen LogP contribution is 2.43. The number of ether oxygens (including phenoxy) is 6. The first-order chi connectivity index (χ1) is 25.0. The minimum atomic E-state index is -0.928. The van der Waals surface area contributed by atoms with Gasteiger partial charge in [-0.3, -0.25) is 0 Å². The van der Waals surface area contributed by atoms with Crippen LogP contribution in [-0.2, 0) is 34.9 Å². The number of hydrogen-bond donors (Lipinski definition) is 0. The van der Waals surface area contributed by atoms with Gasteiger partial charge in [0.15, 0.2) is 0 Å². The third kappa shape index (κ3) is 6.89. The van der Waals surface area contributed by atoms with Crippen molar-refractivity contribution in [3.05, 3.63) is 178 Å². The number of benzene rings is 6. The van der Waals surface area contributed by atoms with E-state index in [4.69, 9.17) is 28.4 Å². The minimum Gasteiger partial charge on any atom is -0.497 e. The number of methoxy groups -OCH3 is 3. The standard InChI is InChI=1S/C44H38O7/c1-46-37-18-14-35(15-19-37)44(34-9-5-4-6-10-34,36-16-20-38(47-2)21-17-36)51-28-31-13-23-41-40-22-12-30(24-33(40)29-50-42(41)25-31)27-49-39-11-7-8-32(26-39)43(45)48-3/h4-26H,27-29H2,1-3H3. The smallest absolute Gasteiger partial charge is 0.337 e. The van der Waals surface area contributed by atoms with Crippen LogP contribution in [0, 0.1) is 0 Å². The molecular weight excluding hydrogens is 640 g/mol. The molecular formula is C44H38O7. The fourth-order valence-electron chi connectivity index (χ4n) is 6.54. The number of hydrogen-bond acceptors (Lipinski definition) is 7. The molecule has 7 nitrogen and oxygen atoms in total. The molecule has 0 radical (unpaired) electrons. The highest BCUT2D eigenvalue weighted by atomic mass is 16.5. The fourth-order valence-corrected chi connectivity index (χ4v) is 6.54. The maximum atomic E-state index is 11.9. The van der Waals surface area contributed by atoms with Gasteiger partial charge in [0.2, 0.25) is 0 Å². The molecule has 6 aromatic carbocycles. The van der Waals surface area contributed by atoms with Crippen molar-refractivity contribution in [2.75, 3.05) is 21.3 Å². The SMILES string of the molecule is COC(=O)c1cccc(OCc2ccc3c(c2)COc2cc(COC(c4ccccc4)(c4ccc(OC)cc4)c4ccc(OC)cc4)ccc2-3)c1. The van der Waals surface area contributed by atoms with Crippen LogP contribution in [0.2, 0.25) is 0 Å². The van der Waals surface area contributed by atoms with Crippen LogP contribution in [-0.4, -0.2) is 27.3 Å². The predicted molar refractivity (Wildman–Crippen MR) is 195 cm³/mol. The van der Waals surface area contributed by atoms with Crippen LogP contribution in [0.4, 0.5) is 0 Å². The third-order valence-corrected chi connectivity index (χ3v) is 9.18. The van der Waals surface area contributed by atoms with Crippen molar-refractivity contribution in [1.29, 1.82) is 0 Å². The molecule has 6 aromatic rings. The number of carbonyl (C=O) groups is 1. The van der Waals surface area contributed by atoms with Crippen molar-refractivity contribution in [3.63, 3.8) is 0 Å². The van der Waals surface area contributed by atoms with Gasteiger partial charge in [0.1, 0.15) is 41.8 Å². The Balaban J connectivity index is 1.15. The molecule has 51 heavy (non-hydrogen) atoms. The average Bonchev–Trinajstić information content (AvgIpc) is 3.20. The van der Waals surface area contributed by atoms with Crippen LogP contribution in [0.1, 0.15) is 43.7 Å². The third-order valence-electron chi connectivity index (χ3n) is 9.18. The first kappa shape index (κ1) is 33.4. The van der Waals surface area contributed by atoms with Crippen LogP contribution in [0.25, 0.3) is 11.1 Å². The van der Waals surface area contributed by atoms with Crippen molar-refractivity contribution < 1.29 is 33.2 Å². The van der Waals surface area contributed by atoms with Gasteiger partial charge in [-0.1, -0.05) is 84.9 Å². The molecule has 1 aliphatic heterocycles. The lowest BCUT2D eigenvalue weighted by molar-refractivity contribution is 0.000106. The molecule has 0 atom stereocenters. The first-order valence-corrected chi connectivity index (χ1v) is 16.7. The predicted octanol–water partition coefficient (Wildman–Crippen LogP) is 9.14. The number of fused-ring (bicyclic) bond motifs is 3. The van der Waals surface area contributed by atoms with Gasteiger partial charge in [-0.15, -0.1) is 0 Å². The van der Waals surface area contributed by atoms with Gasteiger partial charge in [-0.25, -0.2) is 4.79 Å². The maximum Gasteiger partial charge on any atom is 0.337 e. The molecule has 0 aliphatic carbocycles. The van der Waals surface area contributed by atoms with E-state index in [0.717, 1.165) is 61.8 Å². The molecule has 0 saturated carbocycles. The van der Waals surface area contributed by atoms with Gasteiger partial charge < -0.3 is 28.4 Å². The Morgan fingerprint density at radius 3 is 1.88 bits per heavy atom. The molecule has 0 aromatic heterocycles. The molecule has 0 fully saturated rings. The first-order valence-electron chi connectivity index (χ1n) is 16.7. The lowest BCUT2D eigenvalue weighted by Crippen LogP contribution is -2.32. The second kappa shape index (κ2) is 14.8. The van der Waals surface area contributed by atoms with E-state index >= 15 is 0 Å². The molecule has 256 valence electrons. The second-order valence-corrected chi connectivity index (χ2v) is 12.2. The van der Waals surface area contributed by atoms with Crippen molar-refractivity contribution in [2.24, 2.45) is 0 Å². The lowest BCUT2D eigenvalue weighted by atomic mass is 9.80. The Kier molecular flexibility index (Phi) is 9.72. The quantitative estimate of drug-likeness (QED) is 0.0945. The lowest BCUT2D eigenvalue weighted by Gasteiger charge is -2.36. The molecule has 7 rings (SSSR count). The normalized spacial score (nSPS) is 11.8. The van der Waals surface area contributed by atoms with Gasteiger partial charge in [-0.05, 0) is 93.5 Å². The van der Waals surface area contributed by atoms with E-state index in [1.54, 1.807) is 32.4 Å². The van der Waals surface area contributed by atoms with Crippen LogP contribution >= 0.6 is 0 Å². The van der Waals surface area contributed by atoms with Crippen LogP contribution in [0.3, 0.4) is 0 Å². The topological polar surface area (TPSA) is 72.5 Å². The van der Waals surface area contributed by atoms with Gasteiger partial charge in [0.25, 0.3) is 0 Å². The van der Waals surface area contributed by atoms with Crippen LogP contribution in [0.5, 0.6) is 23.0 Å². The summed E-state index contributed by atoms with van der Waals surface area (Å²) in [5.74, 6) is 2.55. The fraction of sp³-hybridized carbons (Fsp3) is 0.159. The summed E-state index contributed by atoms with van der Waals surface area (Å²) in [6.07, 6.45) is 0. The monoisotopic (exact) mass is 678 g/mol. The zero-order valence-corrected chi connectivity index (χ0v) is 28.8. The highest BCUT2D eigenvalue weighted by Gasteiger charge is 2.38. The highest BCUT2D eigenvalue weighted by molar-refractivity contribution is 5.89. The second-order valence-electron chi connectivity index (χ2n) is 12.2.